The molecule has 0 bridgehead atoms. The molecule has 22 heteroatoms. The topological polar surface area (TPSA) is 226 Å². The Morgan fingerprint density at radius 1 is 0.337 bits per heavy atom. The molecule has 572 valence electrons. The van der Waals surface area contributed by atoms with Gasteiger partial charge in [-0.1, -0.05) is 199 Å². The van der Waals surface area contributed by atoms with Crippen LogP contribution in [0.4, 0.5) is 17.6 Å². The van der Waals surface area contributed by atoms with E-state index in [1.165, 1.54) is 43.0 Å². The molecule has 9 heterocycles. The summed E-state index contributed by atoms with van der Waals surface area (Å²) in [4.78, 5) is 16.3. The average molecular weight is 1420 g/mol. The van der Waals surface area contributed by atoms with Crippen molar-refractivity contribution >= 4 is 30.4 Å². The van der Waals surface area contributed by atoms with E-state index in [1.54, 1.807) is 72.2 Å². The number of imidazole rings is 3. The fourth-order valence-electron chi connectivity index (χ4n) is 4.40. The smallest absolute Gasteiger partial charge is 0.286 e. The first-order valence-corrected chi connectivity index (χ1v) is 33.4. The molecule has 0 fully saturated rings. The Morgan fingerprint density at radius 3 is 0.832 bits per heavy atom. The summed E-state index contributed by atoms with van der Waals surface area (Å²) in [5.74, 6) is 0.539. The van der Waals surface area contributed by atoms with Gasteiger partial charge in [-0.25, -0.2) is 15.0 Å². The highest BCUT2D eigenvalue weighted by Crippen LogP contribution is 2.17. The predicted molar refractivity (Wildman–Crippen MR) is 424 cm³/mol. The third kappa shape index (κ3) is 91.3. The zero-order valence-electron chi connectivity index (χ0n) is 68.7. The molecule has 0 aliphatic rings. The van der Waals surface area contributed by atoms with E-state index in [4.69, 9.17) is 0 Å². The standard InChI is InChI=1S/2C9H14N2.C7H11FN2.3C5H6N2.6C5H12.3C3H3FN2/c1-5-8-10-6-7-11(8)9(2,3)4;1-5-8-6-7-11(10-8)9(2,3)4;1-7(2,3)10-5-4-6(8)9-10;1-2-5-6-3-4-7-5;2*1-2-5-3-4-6-7-5;6*1-5(2,3)4;4-3-5-1-2-6-3;2*4-3-1-2-5-6-3/h2*5-7H,1H2,2-4H3;4-5H,1-3H3;3*2-4H,1H2,(H,6,7);6*1-4H3;3*1-2H,(H,5,6). The highest BCUT2D eigenvalue weighted by atomic mass is 19.1. The van der Waals surface area contributed by atoms with Crippen LogP contribution in [0.1, 0.15) is 257 Å². The molecular formula is C79H138F4N18. The average Bonchev–Trinajstić information content (AvgIpc) is 1.76. The lowest BCUT2D eigenvalue weighted by Crippen LogP contribution is -2.22. The summed E-state index contributed by atoms with van der Waals surface area (Å²) in [6, 6.07) is 9.52. The number of nitrogens with zero attached hydrogens (tertiary/aromatic N) is 12. The third-order valence-corrected chi connectivity index (χ3v) is 7.92. The fraction of sp³-hybridized carbons (Fsp3) is 0.532. The van der Waals surface area contributed by atoms with Crippen LogP contribution in [0.15, 0.2) is 144 Å². The van der Waals surface area contributed by atoms with Crippen LogP contribution in [-0.4, -0.2) is 89.8 Å². The molecule has 9 aromatic rings. The van der Waals surface area contributed by atoms with Crippen LogP contribution >= 0.6 is 0 Å². The zero-order chi connectivity index (χ0) is 80.3. The van der Waals surface area contributed by atoms with E-state index < -0.39 is 23.9 Å². The summed E-state index contributed by atoms with van der Waals surface area (Å²) in [7, 11) is 0. The van der Waals surface area contributed by atoms with Crippen LogP contribution in [0.2, 0.25) is 0 Å². The maximum absolute atomic E-state index is 12.3. The molecule has 0 atom stereocenters. The normalized spacial score (nSPS) is 10.6. The van der Waals surface area contributed by atoms with E-state index in [2.05, 4.69) is 321 Å². The molecule has 0 amide bonds. The lowest BCUT2D eigenvalue weighted by molar-refractivity contribution is 0.342. The Kier molecular flexibility index (Phi) is 53.5. The van der Waals surface area contributed by atoms with Crippen LogP contribution in [0.3, 0.4) is 0 Å². The van der Waals surface area contributed by atoms with E-state index in [0.717, 1.165) is 28.7 Å². The molecule has 0 unspecified atom stereocenters. The highest BCUT2D eigenvalue weighted by Gasteiger charge is 2.15. The highest BCUT2D eigenvalue weighted by molar-refractivity contribution is 5.41. The quantitative estimate of drug-likeness (QED) is 0.0900. The van der Waals surface area contributed by atoms with Gasteiger partial charge in [-0.3, -0.25) is 29.8 Å². The minimum absolute atomic E-state index is 0.0707. The molecule has 0 saturated heterocycles. The minimum atomic E-state index is -0.532. The predicted octanol–water partition coefficient (Wildman–Crippen LogP) is 23.5. The van der Waals surface area contributed by atoms with Crippen LogP contribution in [0.5, 0.6) is 0 Å². The largest absolute Gasteiger partial charge is 0.345 e. The van der Waals surface area contributed by atoms with E-state index in [1.807, 2.05) is 56.0 Å². The van der Waals surface area contributed by atoms with Gasteiger partial charge in [0, 0.05) is 85.7 Å². The molecule has 0 aliphatic heterocycles. The first-order valence-electron chi connectivity index (χ1n) is 33.4. The van der Waals surface area contributed by atoms with Crippen LogP contribution < -0.4 is 0 Å². The van der Waals surface area contributed by atoms with Crippen molar-refractivity contribution in [2.75, 3.05) is 0 Å². The number of hydrogen-bond donors (Lipinski definition) is 6. The second-order valence-electron chi connectivity index (χ2n) is 34.6. The molecule has 0 spiro atoms. The molecular weight excluding hydrogens is 1280 g/mol. The molecule has 101 heavy (non-hydrogen) atoms. The minimum Gasteiger partial charge on any atom is -0.345 e. The molecule has 0 aromatic carbocycles. The van der Waals surface area contributed by atoms with Gasteiger partial charge in [0.2, 0.25) is 17.8 Å². The van der Waals surface area contributed by atoms with Crippen LogP contribution in [0, 0.1) is 56.4 Å². The molecule has 6 N–H and O–H groups in total. The maximum Gasteiger partial charge on any atom is 0.286 e. The van der Waals surface area contributed by atoms with Gasteiger partial charge in [0.05, 0.1) is 40.6 Å². The Morgan fingerprint density at radius 2 is 0.683 bits per heavy atom. The summed E-state index contributed by atoms with van der Waals surface area (Å²) < 4.78 is 52.6. The third-order valence-electron chi connectivity index (χ3n) is 7.92. The van der Waals surface area contributed by atoms with Gasteiger partial charge in [0.25, 0.3) is 6.08 Å². The van der Waals surface area contributed by atoms with Crippen molar-refractivity contribution in [3.8, 4) is 0 Å². The van der Waals surface area contributed by atoms with Crippen molar-refractivity contribution in [2.24, 2.45) is 32.5 Å². The summed E-state index contributed by atoms with van der Waals surface area (Å²) >= 11 is 0. The van der Waals surface area contributed by atoms with Crippen molar-refractivity contribution < 1.29 is 17.6 Å². The Labute approximate surface area is 608 Å². The number of nitrogens with one attached hydrogen (secondary N) is 6. The van der Waals surface area contributed by atoms with Gasteiger partial charge < -0.3 is 14.5 Å². The van der Waals surface area contributed by atoms with E-state index in [9.17, 15) is 17.6 Å². The van der Waals surface area contributed by atoms with Gasteiger partial charge in [-0.05, 0) is 143 Å². The Bertz CT molecular complexity index is 2980. The number of H-pyrrole nitrogens is 6. The van der Waals surface area contributed by atoms with Crippen LogP contribution in [-0.2, 0) is 16.6 Å². The first kappa shape index (κ1) is 103. The Hall–Kier alpha value is -8.69. The number of aromatic nitrogens is 18. The molecule has 9 aromatic heterocycles. The second-order valence-corrected chi connectivity index (χ2v) is 34.6. The summed E-state index contributed by atoms with van der Waals surface area (Å²) in [5, 5.41) is 31.6. The summed E-state index contributed by atoms with van der Waals surface area (Å²) in [6.45, 7) is 89.1. The van der Waals surface area contributed by atoms with Gasteiger partial charge >= 0.3 is 0 Å². The molecule has 9 rings (SSSR count). The lowest BCUT2D eigenvalue weighted by Gasteiger charge is -2.22. The molecule has 0 saturated carbocycles. The maximum atomic E-state index is 12.3. The zero-order valence-corrected chi connectivity index (χ0v) is 68.7. The molecule has 18 nitrogen and oxygen atoms in total. The van der Waals surface area contributed by atoms with E-state index in [0.29, 0.717) is 32.5 Å². The van der Waals surface area contributed by atoms with Crippen LogP contribution in [0.25, 0.3) is 30.4 Å². The number of rotatable bonds is 5. The molecule has 0 aliphatic carbocycles. The van der Waals surface area contributed by atoms with Crippen molar-refractivity contribution in [1.82, 2.24) is 89.8 Å². The number of halogens is 4. The SMILES string of the molecule is C=Cc1ccn(C(C)(C)C)n1.C=Cc1ccn[nH]1.C=Cc1ccn[nH]1.C=Cc1ncc[nH]1.C=Cc1nccn1C(C)(C)C.CC(C)(C)C.CC(C)(C)C.CC(C)(C)C.CC(C)(C)C.CC(C)(C)C.CC(C)(C)C.CC(C)(C)n1ccc(F)n1.Fc1ccn[nH]1.Fc1ccn[nH]1.Fc1ncc[nH]1. The van der Waals surface area contributed by atoms with Crippen molar-refractivity contribution in [3.63, 3.8) is 0 Å². The molecule has 0 radical (unpaired) electrons. The van der Waals surface area contributed by atoms with Gasteiger partial charge in [0.1, 0.15) is 11.6 Å². The fourth-order valence-corrected chi connectivity index (χ4v) is 4.40. The summed E-state index contributed by atoms with van der Waals surface area (Å²) in [6.07, 6.45) is 27.8. The van der Waals surface area contributed by atoms with Crippen molar-refractivity contribution in [1.29, 1.82) is 0 Å². The van der Waals surface area contributed by atoms with Crippen molar-refractivity contribution in [3.05, 3.63) is 196 Å². The second kappa shape index (κ2) is 52.3. The van der Waals surface area contributed by atoms with Gasteiger partial charge in [-0.15, -0.1) is 5.10 Å². The number of aromatic amines is 6. The first-order chi connectivity index (χ1) is 45.6. The van der Waals surface area contributed by atoms with Crippen molar-refractivity contribution in [2.45, 2.75) is 245 Å². The monoisotopic (exact) mass is 1420 g/mol. The Balaban J connectivity index is -0.000000242. The summed E-state index contributed by atoms with van der Waals surface area (Å²) in [5.41, 5.74) is 5.89. The van der Waals surface area contributed by atoms with Gasteiger partial charge in [0.15, 0.2) is 0 Å². The lowest BCUT2D eigenvalue weighted by atomic mass is 10.0. The van der Waals surface area contributed by atoms with E-state index in [-0.39, 0.29) is 16.6 Å². The van der Waals surface area contributed by atoms with Gasteiger partial charge in [-0.2, -0.15) is 43.1 Å². The number of hydrogen-bond acceptors (Lipinski definition) is 9. The van der Waals surface area contributed by atoms with E-state index >= 15 is 0 Å².